The summed E-state index contributed by atoms with van der Waals surface area (Å²) in [6, 6.07) is 3.75. The molecule has 1 aromatic rings. The van der Waals surface area contributed by atoms with Crippen LogP contribution in [0.4, 0.5) is 18.9 Å². The van der Waals surface area contributed by atoms with Crippen molar-refractivity contribution in [2.45, 2.75) is 13.1 Å². The Labute approximate surface area is 85.7 Å². The lowest BCUT2D eigenvalue weighted by atomic mass is 10.1. The highest BCUT2D eigenvalue weighted by atomic mass is 35.5. The van der Waals surface area contributed by atoms with Gasteiger partial charge in [-0.1, -0.05) is 6.07 Å². The Morgan fingerprint density at radius 3 is 2.29 bits per heavy atom. The average molecular weight is 227 g/mol. The van der Waals surface area contributed by atoms with E-state index < -0.39 is 11.7 Å². The van der Waals surface area contributed by atoms with Gasteiger partial charge in [0, 0.05) is 0 Å². The monoisotopic (exact) mass is 226 g/mol. The van der Waals surface area contributed by atoms with E-state index in [4.69, 9.17) is 5.84 Å². The van der Waals surface area contributed by atoms with E-state index in [0.29, 0.717) is 0 Å². The molecule has 0 heterocycles. The highest BCUT2D eigenvalue weighted by molar-refractivity contribution is 5.85. The van der Waals surface area contributed by atoms with Crippen LogP contribution in [0, 0.1) is 6.92 Å². The molecule has 0 bridgehead atoms. The molecule has 0 unspecified atom stereocenters. The summed E-state index contributed by atoms with van der Waals surface area (Å²) in [4.78, 5) is 0. The fraction of sp³-hybridized carbons (Fsp3) is 0.250. The van der Waals surface area contributed by atoms with Crippen molar-refractivity contribution < 1.29 is 13.2 Å². The lowest BCUT2D eigenvalue weighted by Crippen LogP contribution is -2.14. The van der Waals surface area contributed by atoms with E-state index in [1.54, 1.807) is 6.92 Å². The molecule has 0 aliphatic rings. The molecule has 0 saturated carbocycles. The van der Waals surface area contributed by atoms with Crippen LogP contribution in [0.25, 0.3) is 0 Å². The first kappa shape index (κ1) is 13.1. The first-order chi connectivity index (χ1) is 5.95. The smallest absolute Gasteiger partial charge is 0.324 e. The van der Waals surface area contributed by atoms with Crippen LogP contribution in [0.2, 0.25) is 0 Å². The Hall–Kier alpha value is -0.940. The van der Waals surface area contributed by atoms with Gasteiger partial charge in [-0.2, -0.15) is 13.2 Å². The van der Waals surface area contributed by atoms with Crippen LogP contribution in [0.1, 0.15) is 11.1 Å². The SMILES string of the molecule is Cc1ccc(C(F)(F)F)c(NN)c1.Cl. The van der Waals surface area contributed by atoms with E-state index in [0.717, 1.165) is 11.6 Å². The molecule has 0 fully saturated rings. The van der Waals surface area contributed by atoms with Gasteiger partial charge >= 0.3 is 6.18 Å². The average Bonchev–Trinajstić information content (AvgIpc) is 2.01. The van der Waals surface area contributed by atoms with Crippen LogP contribution >= 0.6 is 12.4 Å². The Morgan fingerprint density at radius 2 is 1.86 bits per heavy atom. The molecule has 14 heavy (non-hydrogen) atoms. The van der Waals surface area contributed by atoms with Gasteiger partial charge in [-0.05, 0) is 24.6 Å². The van der Waals surface area contributed by atoms with Gasteiger partial charge in [-0.15, -0.1) is 12.4 Å². The Bertz CT molecular complexity index is 312. The van der Waals surface area contributed by atoms with Crippen molar-refractivity contribution in [1.29, 1.82) is 0 Å². The molecule has 1 aromatic carbocycles. The molecule has 0 amide bonds. The molecule has 3 N–H and O–H groups in total. The van der Waals surface area contributed by atoms with Crippen molar-refractivity contribution in [2.75, 3.05) is 5.43 Å². The molecule has 0 aliphatic carbocycles. The normalized spacial score (nSPS) is 10.6. The first-order valence-electron chi connectivity index (χ1n) is 3.59. The Kier molecular flexibility index (Phi) is 4.22. The third-order valence-electron chi connectivity index (χ3n) is 1.64. The molecule has 0 spiro atoms. The van der Waals surface area contributed by atoms with Gasteiger partial charge < -0.3 is 5.43 Å². The van der Waals surface area contributed by atoms with E-state index >= 15 is 0 Å². The fourth-order valence-corrected chi connectivity index (χ4v) is 1.02. The number of hydrogen-bond acceptors (Lipinski definition) is 2. The van der Waals surface area contributed by atoms with Gasteiger partial charge in [0.25, 0.3) is 0 Å². The summed E-state index contributed by atoms with van der Waals surface area (Å²) in [6.07, 6.45) is -4.37. The number of nitrogen functional groups attached to an aromatic ring is 1. The lowest BCUT2D eigenvalue weighted by Gasteiger charge is -2.12. The number of halogens is 4. The van der Waals surface area contributed by atoms with Gasteiger partial charge in [-0.25, -0.2) is 0 Å². The summed E-state index contributed by atoms with van der Waals surface area (Å²) in [7, 11) is 0. The predicted octanol–water partition coefficient (Wildman–Crippen LogP) is 2.72. The number of hydrogen-bond donors (Lipinski definition) is 2. The van der Waals surface area contributed by atoms with Crippen molar-refractivity contribution in [2.24, 2.45) is 5.84 Å². The summed E-state index contributed by atoms with van der Waals surface area (Å²) in [5.41, 5.74) is 1.89. The molecule has 0 aromatic heterocycles. The third-order valence-corrected chi connectivity index (χ3v) is 1.64. The molecule has 2 nitrogen and oxygen atoms in total. The zero-order chi connectivity index (χ0) is 10.1. The zero-order valence-corrected chi connectivity index (χ0v) is 8.17. The predicted molar refractivity (Wildman–Crippen MR) is 51.2 cm³/mol. The van der Waals surface area contributed by atoms with E-state index in [2.05, 4.69) is 0 Å². The maximum absolute atomic E-state index is 12.3. The van der Waals surface area contributed by atoms with E-state index in [1.165, 1.54) is 12.1 Å². The molecule has 1 rings (SSSR count). The summed E-state index contributed by atoms with van der Waals surface area (Å²) in [6.45, 7) is 1.70. The van der Waals surface area contributed by atoms with E-state index in [1.807, 2.05) is 5.43 Å². The molecule has 0 atom stereocenters. The third kappa shape index (κ3) is 2.78. The minimum absolute atomic E-state index is 0. The highest BCUT2D eigenvalue weighted by Gasteiger charge is 2.33. The summed E-state index contributed by atoms with van der Waals surface area (Å²) >= 11 is 0. The number of alkyl halides is 3. The molecule has 0 radical (unpaired) electrons. The number of nitrogens with one attached hydrogen (secondary N) is 1. The van der Waals surface area contributed by atoms with Crippen LogP contribution in [-0.2, 0) is 6.18 Å². The van der Waals surface area contributed by atoms with Crippen LogP contribution < -0.4 is 11.3 Å². The van der Waals surface area contributed by atoms with Gasteiger partial charge in [0.05, 0.1) is 11.3 Å². The summed E-state index contributed by atoms with van der Waals surface area (Å²) in [5.74, 6) is 4.97. The molecule has 0 aliphatic heterocycles. The quantitative estimate of drug-likeness (QED) is 0.571. The van der Waals surface area contributed by atoms with Gasteiger partial charge in [0.15, 0.2) is 0 Å². The molecule has 0 saturated heterocycles. The molecule has 6 heteroatoms. The van der Waals surface area contributed by atoms with Crippen LogP contribution in [0.5, 0.6) is 0 Å². The molecular weight excluding hydrogens is 217 g/mol. The number of nitrogens with two attached hydrogens (primary N) is 1. The van der Waals surface area contributed by atoms with E-state index in [-0.39, 0.29) is 18.1 Å². The van der Waals surface area contributed by atoms with Crippen molar-refractivity contribution in [3.63, 3.8) is 0 Å². The minimum atomic E-state index is -4.37. The van der Waals surface area contributed by atoms with Gasteiger partial charge in [-0.3, -0.25) is 5.84 Å². The fourth-order valence-electron chi connectivity index (χ4n) is 1.02. The second kappa shape index (κ2) is 4.52. The second-order valence-corrected chi connectivity index (χ2v) is 2.69. The van der Waals surface area contributed by atoms with Crippen LogP contribution in [0.3, 0.4) is 0 Å². The topological polar surface area (TPSA) is 38.0 Å². The highest BCUT2D eigenvalue weighted by Crippen LogP contribution is 2.34. The van der Waals surface area contributed by atoms with Crippen molar-refractivity contribution in [1.82, 2.24) is 0 Å². The van der Waals surface area contributed by atoms with Crippen LogP contribution in [-0.4, -0.2) is 0 Å². The van der Waals surface area contributed by atoms with E-state index in [9.17, 15) is 13.2 Å². The lowest BCUT2D eigenvalue weighted by molar-refractivity contribution is -0.136. The number of benzene rings is 1. The largest absolute Gasteiger partial charge is 0.418 e. The number of rotatable bonds is 1. The maximum atomic E-state index is 12.3. The number of aryl methyl sites for hydroxylation is 1. The van der Waals surface area contributed by atoms with Crippen LogP contribution in [0.15, 0.2) is 18.2 Å². The second-order valence-electron chi connectivity index (χ2n) is 2.69. The van der Waals surface area contributed by atoms with Crippen molar-refractivity contribution in [3.05, 3.63) is 29.3 Å². The zero-order valence-electron chi connectivity index (χ0n) is 7.35. The minimum Gasteiger partial charge on any atom is -0.324 e. The van der Waals surface area contributed by atoms with Crippen molar-refractivity contribution in [3.8, 4) is 0 Å². The first-order valence-corrected chi connectivity index (χ1v) is 3.59. The number of hydrazine groups is 1. The van der Waals surface area contributed by atoms with Gasteiger partial charge in [0.2, 0.25) is 0 Å². The summed E-state index contributed by atoms with van der Waals surface area (Å²) in [5, 5.41) is 0. The standard InChI is InChI=1S/C8H9F3N2.ClH/c1-5-2-3-6(8(9,10)11)7(4-5)13-12;/h2-4,13H,12H2,1H3;1H. The number of anilines is 1. The Morgan fingerprint density at radius 1 is 1.29 bits per heavy atom. The van der Waals surface area contributed by atoms with Crippen molar-refractivity contribution >= 4 is 18.1 Å². The molecular formula is C8H10ClF3N2. The summed E-state index contributed by atoms with van der Waals surface area (Å²) < 4.78 is 36.8. The van der Waals surface area contributed by atoms with Gasteiger partial charge in [0.1, 0.15) is 0 Å². The maximum Gasteiger partial charge on any atom is 0.418 e. The Balaban J connectivity index is 0.00000169. The molecule has 80 valence electrons.